The minimum Gasteiger partial charge on any atom is -0.407 e. The molecule has 0 saturated heterocycles. The molecule has 0 amide bonds. The standard InChI is InChI=1S/C20H33BrO3Si/c1-14(22)11-10-12-15-16(21)13-17(23-19(2,3)4)18(15)24-25(8,9)20(5,6)7/h12-14,17-18,22H,1-9H3/b15-12+/t14?,17-,18-/m1/s1. The number of halogens is 1. The predicted octanol–water partition coefficient (Wildman–Crippen LogP) is 5.16. The van der Waals surface area contributed by atoms with Crippen molar-refractivity contribution in [2.75, 3.05) is 0 Å². The maximum atomic E-state index is 9.38. The van der Waals surface area contributed by atoms with Crippen molar-refractivity contribution in [3.63, 3.8) is 0 Å². The Labute approximate surface area is 163 Å². The third kappa shape index (κ3) is 6.69. The van der Waals surface area contributed by atoms with Crippen molar-refractivity contribution >= 4 is 24.2 Å². The highest BCUT2D eigenvalue weighted by Gasteiger charge is 2.44. The summed E-state index contributed by atoms with van der Waals surface area (Å²) in [5.74, 6) is 5.71. The first-order chi connectivity index (χ1) is 11.1. The Hall–Kier alpha value is -0.383. The Morgan fingerprint density at radius 3 is 2.24 bits per heavy atom. The monoisotopic (exact) mass is 428 g/mol. The van der Waals surface area contributed by atoms with E-state index in [1.165, 1.54) is 0 Å². The Bertz CT molecular complexity index is 595. The SMILES string of the molecule is CC(O)C#C/C=C1\C(Br)=C[C@@H](OC(C)(C)C)[C@@H]1O[Si](C)(C)C(C)(C)C. The van der Waals surface area contributed by atoms with Crippen LogP contribution in [0.4, 0.5) is 0 Å². The molecule has 1 aliphatic carbocycles. The second-order valence-corrected chi connectivity index (χ2v) is 14.7. The average Bonchev–Trinajstić information content (AvgIpc) is 2.62. The van der Waals surface area contributed by atoms with Gasteiger partial charge in [-0.2, -0.15) is 0 Å². The van der Waals surface area contributed by atoms with E-state index in [1.807, 2.05) is 26.8 Å². The molecule has 1 unspecified atom stereocenters. The summed E-state index contributed by atoms with van der Waals surface area (Å²) in [6.07, 6.45) is 2.87. The summed E-state index contributed by atoms with van der Waals surface area (Å²) in [5, 5.41) is 9.48. The number of allylic oxidation sites excluding steroid dienone is 1. The van der Waals surface area contributed by atoms with Crippen LogP contribution in [0, 0.1) is 11.8 Å². The average molecular weight is 429 g/mol. The Morgan fingerprint density at radius 1 is 1.24 bits per heavy atom. The van der Waals surface area contributed by atoms with Gasteiger partial charge in [-0.05, 0) is 58.0 Å². The van der Waals surface area contributed by atoms with E-state index in [-0.39, 0.29) is 22.8 Å². The first-order valence-corrected chi connectivity index (χ1v) is 12.5. The van der Waals surface area contributed by atoms with E-state index in [1.54, 1.807) is 6.92 Å². The number of hydrogen-bond acceptors (Lipinski definition) is 3. The molecule has 3 nitrogen and oxygen atoms in total. The van der Waals surface area contributed by atoms with Gasteiger partial charge in [0, 0.05) is 10.1 Å². The molecule has 1 rings (SSSR count). The van der Waals surface area contributed by atoms with Crippen LogP contribution >= 0.6 is 15.9 Å². The lowest BCUT2D eigenvalue weighted by Gasteiger charge is -2.41. The third-order valence-corrected chi connectivity index (χ3v) is 9.61. The van der Waals surface area contributed by atoms with Gasteiger partial charge in [0.25, 0.3) is 0 Å². The van der Waals surface area contributed by atoms with E-state index < -0.39 is 14.4 Å². The van der Waals surface area contributed by atoms with Gasteiger partial charge in [-0.15, -0.1) is 0 Å². The highest BCUT2D eigenvalue weighted by Crippen LogP contribution is 2.43. The molecule has 0 saturated carbocycles. The zero-order valence-electron chi connectivity index (χ0n) is 17.0. The summed E-state index contributed by atoms with van der Waals surface area (Å²) >= 11 is 3.64. The largest absolute Gasteiger partial charge is 0.407 e. The smallest absolute Gasteiger partial charge is 0.193 e. The molecule has 1 aliphatic rings. The predicted molar refractivity (Wildman–Crippen MR) is 111 cm³/mol. The normalized spacial score (nSPS) is 24.8. The molecule has 25 heavy (non-hydrogen) atoms. The zero-order valence-corrected chi connectivity index (χ0v) is 19.6. The Kier molecular flexibility index (Phi) is 7.34. The van der Waals surface area contributed by atoms with Crippen LogP contribution in [-0.4, -0.2) is 37.3 Å². The van der Waals surface area contributed by atoms with Crippen LogP contribution in [-0.2, 0) is 9.16 Å². The minimum absolute atomic E-state index is 0.102. The molecule has 0 fully saturated rings. The van der Waals surface area contributed by atoms with Crippen LogP contribution in [0.2, 0.25) is 18.1 Å². The molecule has 0 aliphatic heterocycles. The molecular weight excluding hydrogens is 396 g/mol. The fraction of sp³-hybridized carbons (Fsp3) is 0.700. The summed E-state index contributed by atoms with van der Waals surface area (Å²) in [6, 6.07) is 0. The van der Waals surface area contributed by atoms with Crippen molar-refractivity contribution in [2.24, 2.45) is 0 Å². The van der Waals surface area contributed by atoms with Crippen molar-refractivity contribution in [2.45, 2.75) is 90.5 Å². The van der Waals surface area contributed by atoms with E-state index in [4.69, 9.17) is 9.16 Å². The van der Waals surface area contributed by atoms with Crippen molar-refractivity contribution in [3.05, 3.63) is 22.2 Å². The summed E-state index contributed by atoms with van der Waals surface area (Å²) < 4.78 is 13.9. The summed E-state index contributed by atoms with van der Waals surface area (Å²) in [6.45, 7) is 19.0. The summed E-state index contributed by atoms with van der Waals surface area (Å²) in [7, 11) is -1.99. The number of rotatable bonds is 3. The van der Waals surface area contributed by atoms with Gasteiger partial charge in [0.15, 0.2) is 8.32 Å². The van der Waals surface area contributed by atoms with Gasteiger partial charge >= 0.3 is 0 Å². The first-order valence-electron chi connectivity index (χ1n) is 8.76. The van der Waals surface area contributed by atoms with Crippen LogP contribution in [0.25, 0.3) is 0 Å². The molecule has 0 radical (unpaired) electrons. The number of hydrogen-bond donors (Lipinski definition) is 1. The summed E-state index contributed by atoms with van der Waals surface area (Å²) in [5.41, 5.74) is 0.705. The minimum atomic E-state index is -1.99. The van der Waals surface area contributed by atoms with E-state index in [2.05, 4.69) is 67.7 Å². The van der Waals surface area contributed by atoms with E-state index in [9.17, 15) is 5.11 Å². The lowest BCUT2D eigenvalue weighted by Crippen LogP contribution is -2.47. The molecule has 0 bridgehead atoms. The first kappa shape index (κ1) is 22.7. The van der Waals surface area contributed by atoms with Gasteiger partial charge in [-0.25, -0.2) is 0 Å². The second-order valence-electron chi connectivity index (χ2n) is 9.07. The molecule has 142 valence electrons. The molecule has 0 aromatic heterocycles. The van der Waals surface area contributed by atoms with Crippen molar-refractivity contribution in [1.29, 1.82) is 0 Å². The van der Waals surface area contributed by atoms with Crippen LogP contribution in [0.3, 0.4) is 0 Å². The van der Waals surface area contributed by atoms with Crippen LogP contribution in [0.5, 0.6) is 0 Å². The molecule has 0 spiro atoms. The number of ether oxygens (including phenoxy) is 1. The van der Waals surface area contributed by atoms with Gasteiger partial charge in [-0.3, -0.25) is 0 Å². The van der Waals surface area contributed by atoms with Crippen molar-refractivity contribution < 1.29 is 14.3 Å². The summed E-state index contributed by atoms with van der Waals surface area (Å²) in [4.78, 5) is 0. The van der Waals surface area contributed by atoms with Crippen molar-refractivity contribution in [3.8, 4) is 11.8 Å². The van der Waals surface area contributed by atoms with Crippen LogP contribution in [0.15, 0.2) is 22.2 Å². The molecule has 0 aromatic rings. The number of aliphatic hydroxyl groups excluding tert-OH is 1. The van der Waals surface area contributed by atoms with Gasteiger partial charge in [0.2, 0.25) is 0 Å². The van der Waals surface area contributed by atoms with Crippen molar-refractivity contribution in [1.82, 2.24) is 0 Å². The lowest BCUT2D eigenvalue weighted by molar-refractivity contribution is -0.0709. The van der Waals surface area contributed by atoms with Gasteiger partial charge in [0.1, 0.15) is 18.3 Å². The quantitative estimate of drug-likeness (QED) is 0.497. The maximum absolute atomic E-state index is 9.38. The van der Waals surface area contributed by atoms with Gasteiger partial charge in [-0.1, -0.05) is 48.5 Å². The maximum Gasteiger partial charge on any atom is 0.193 e. The van der Waals surface area contributed by atoms with Gasteiger partial charge in [0.05, 0.1) is 5.60 Å². The van der Waals surface area contributed by atoms with E-state index >= 15 is 0 Å². The highest BCUT2D eigenvalue weighted by molar-refractivity contribution is 9.12. The van der Waals surface area contributed by atoms with Crippen LogP contribution in [0.1, 0.15) is 48.5 Å². The molecule has 1 N–H and O–H groups in total. The van der Waals surface area contributed by atoms with Crippen LogP contribution < -0.4 is 0 Å². The molecule has 0 aromatic carbocycles. The number of aliphatic hydroxyl groups is 1. The lowest BCUT2D eigenvalue weighted by atomic mass is 10.1. The third-order valence-electron chi connectivity index (χ3n) is 4.43. The van der Waals surface area contributed by atoms with E-state index in [0.717, 1.165) is 10.1 Å². The second kappa shape index (κ2) is 8.10. The topological polar surface area (TPSA) is 38.7 Å². The molecule has 3 atom stereocenters. The fourth-order valence-corrected chi connectivity index (χ4v) is 4.01. The molecule has 5 heteroatoms. The zero-order chi connectivity index (χ0) is 19.6. The molecule has 0 heterocycles. The highest BCUT2D eigenvalue weighted by atomic mass is 79.9. The van der Waals surface area contributed by atoms with Gasteiger partial charge < -0.3 is 14.3 Å². The Balaban J connectivity index is 3.23. The van der Waals surface area contributed by atoms with E-state index in [0.29, 0.717) is 0 Å². The molecular formula is C20H33BrO3Si. The Morgan fingerprint density at radius 2 is 1.80 bits per heavy atom. The fourth-order valence-electron chi connectivity index (χ4n) is 2.16.